The maximum absolute atomic E-state index is 11.3. The van der Waals surface area contributed by atoms with E-state index in [4.69, 9.17) is 0 Å². The number of aryl methyl sites for hydroxylation is 2. The highest BCUT2D eigenvalue weighted by atomic mass is 16.1. The van der Waals surface area contributed by atoms with E-state index in [0.717, 1.165) is 28.8 Å². The Morgan fingerprint density at radius 2 is 1.81 bits per heavy atom. The molecule has 0 saturated heterocycles. The average Bonchev–Trinajstić information content (AvgIpc) is 2.92. The molecule has 0 amide bonds. The largest absolute Gasteiger partial charge is 0.296 e. The highest BCUT2D eigenvalue weighted by Gasteiger charge is 2.16. The van der Waals surface area contributed by atoms with Crippen LogP contribution in [0.4, 0.5) is 0 Å². The van der Waals surface area contributed by atoms with Gasteiger partial charge in [0.1, 0.15) is 5.69 Å². The minimum Gasteiger partial charge on any atom is -0.296 e. The van der Waals surface area contributed by atoms with E-state index in [2.05, 4.69) is 16.4 Å². The van der Waals surface area contributed by atoms with Crippen LogP contribution in [0.2, 0.25) is 0 Å². The molecular weight excluding hydrogens is 262 g/mol. The van der Waals surface area contributed by atoms with Crippen LogP contribution in [0, 0.1) is 13.8 Å². The van der Waals surface area contributed by atoms with Gasteiger partial charge in [-0.15, -0.1) is 5.10 Å². The van der Waals surface area contributed by atoms with Crippen LogP contribution in [0.15, 0.2) is 48.5 Å². The normalized spacial score (nSPS) is 10.6. The number of aldehydes is 1. The minimum absolute atomic E-state index is 0.348. The maximum atomic E-state index is 11.3. The van der Waals surface area contributed by atoms with Gasteiger partial charge in [-0.05, 0) is 25.5 Å². The van der Waals surface area contributed by atoms with Crippen LogP contribution in [-0.4, -0.2) is 21.3 Å². The van der Waals surface area contributed by atoms with E-state index in [9.17, 15) is 4.79 Å². The van der Waals surface area contributed by atoms with E-state index in [0.29, 0.717) is 5.69 Å². The fraction of sp³-hybridized carbons (Fsp3) is 0.118. The molecule has 0 radical (unpaired) electrons. The summed E-state index contributed by atoms with van der Waals surface area (Å²) in [6.07, 6.45) is 0.745. The van der Waals surface area contributed by atoms with Gasteiger partial charge in [-0.25, -0.2) is 4.68 Å². The van der Waals surface area contributed by atoms with Gasteiger partial charge < -0.3 is 0 Å². The third-order valence-corrected chi connectivity index (χ3v) is 3.44. The molecule has 4 heteroatoms. The fourth-order valence-corrected chi connectivity index (χ4v) is 2.45. The summed E-state index contributed by atoms with van der Waals surface area (Å²) < 4.78 is 1.73. The van der Waals surface area contributed by atoms with Gasteiger partial charge in [0.2, 0.25) is 0 Å². The molecule has 0 unspecified atom stereocenters. The summed E-state index contributed by atoms with van der Waals surface area (Å²) in [7, 11) is 0. The van der Waals surface area contributed by atoms with Crippen molar-refractivity contribution in [2.75, 3.05) is 0 Å². The molecule has 0 aliphatic rings. The molecule has 3 aromatic rings. The lowest BCUT2D eigenvalue weighted by molar-refractivity contribution is 0.111. The van der Waals surface area contributed by atoms with E-state index in [1.54, 1.807) is 4.68 Å². The van der Waals surface area contributed by atoms with E-state index in [-0.39, 0.29) is 0 Å². The van der Waals surface area contributed by atoms with Crippen molar-refractivity contribution < 1.29 is 4.79 Å². The second-order valence-electron chi connectivity index (χ2n) is 5.01. The fourth-order valence-electron chi connectivity index (χ4n) is 2.45. The number of benzene rings is 2. The lowest BCUT2D eigenvalue weighted by Crippen LogP contribution is -2.02. The number of carbonyl (C=O) groups excluding carboxylic acids is 1. The molecule has 21 heavy (non-hydrogen) atoms. The molecule has 1 aromatic heterocycles. The van der Waals surface area contributed by atoms with Gasteiger partial charge in [0.15, 0.2) is 12.0 Å². The summed E-state index contributed by atoms with van der Waals surface area (Å²) in [4.78, 5) is 11.3. The Kier molecular flexibility index (Phi) is 3.36. The number of hydrogen-bond donors (Lipinski definition) is 0. The van der Waals surface area contributed by atoms with Gasteiger partial charge in [0.05, 0.1) is 5.69 Å². The molecule has 2 aromatic carbocycles. The van der Waals surface area contributed by atoms with Crippen LogP contribution in [0.5, 0.6) is 0 Å². The van der Waals surface area contributed by atoms with Crippen LogP contribution in [0.25, 0.3) is 16.9 Å². The molecule has 3 rings (SSSR count). The first-order valence-electron chi connectivity index (χ1n) is 6.74. The number of aromatic nitrogens is 3. The standard InChI is InChI=1S/C17H15N3O/c1-12-8-9-16(13(2)10-12)20-17(15(11-21)18-19-20)14-6-4-3-5-7-14/h3-11H,1-2H3. The Morgan fingerprint density at radius 1 is 1.05 bits per heavy atom. The number of nitrogens with zero attached hydrogens (tertiary/aromatic N) is 3. The molecule has 0 bridgehead atoms. The zero-order valence-electron chi connectivity index (χ0n) is 11.9. The van der Waals surface area contributed by atoms with Gasteiger partial charge >= 0.3 is 0 Å². The maximum Gasteiger partial charge on any atom is 0.172 e. The number of hydrogen-bond acceptors (Lipinski definition) is 3. The second kappa shape index (κ2) is 5.32. The van der Waals surface area contributed by atoms with Crippen molar-refractivity contribution in [1.29, 1.82) is 0 Å². The van der Waals surface area contributed by atoms with E-state index < -0.39 is 0 Å². The zero-order chi connectivity index (χ0) is 14.8. The predicted molar refractivity (Wildman–Crippen MR) is 81.7 cm³/mol. The Morgan fingerprint density at radius 3 is 2.48 bits per heavy atom. The third-order valence-electron chi connectivity index (χ3n) is 3.44. The molecule has 0 fully saturated rings. The van der Waals surface area contributed by atoms with Gasteiger partial charge in [0.25, 0.3) is 0 Å². The first-order valence-corrected chi connectivity index (χ1v) is 6.74. The van der Waals surface area contributed by atoms with Crippen molar-refractivity contribution in [3.63, 3.8) is 0 Å². The van der Waals surface area contributed by atoms with Crippen molar-refractivity contribution in [2.24, 2.45) is 0 Å². The average molecular weight is 277 g/mol. The molecule has 0 atom stereocenters. The van der Waals surface area contributed by atoms with Crippen molar-refractivity contribution in [3.8, 4) is 16.9 Å². The van der Waals surface area contributed by atoms with E-state index in [1.165, 1.54) is 5.56 Å². The molecule has 0 aliphatic carbocycles. The van der Waals surface area contributed by atoms with Gasteiger partial charge in [-0.3, -0.25) is 4.79 Å². The summed E-state index contributed by atoms with van der Waals surface area (Å²) in [5.41, 5.74) is 5.20. The smallest absolute Gasteiger partial charge is 0.172 e. The number of rotatable bonds is 3. The van der Waals surface area contributed by atoms with Crippen molar-refractivity contribution >= 4 is 6.29 Å². The van der Waals surface area contributed by atoms with Crippen molar-refractivity contribution in [2.45, 2.75) is 13.8 Å². The monoisotopic (exact) mass is 277 g/mol. The SMILES string of the molecule is Cc1ccc(-n2nnc(C=O)c2-c2ccccc2)c(C)c1. The van der Waals surface area contributed by atoms with Crippen LogP contribution < -0.4 is 0 Å². The lowest BCUT2D eigenvalue weighted by Gasteiger charge is -2.10. The Hall–Kier alpha value is -2.75. The molecule has 0 N–H and O–H groups in total. The topological polar surface area (TPSA) is 47.8 Å². The molecule has 0 saturated carbocycles. The molecule has 0 aliphatic heterocycles. The molecule has 4 nitrogen and oxygen atoms in total. The van der Waals surface area contributed by atoms with Gasteiger partial charge in [-0.1, -0.05) is 53.2 Å². The quantitative estimate of drug-likeness (QED) is 0.690. The Bertz CT molecular complexity index is 791. The Labute approximate surface area is 123 Å². The number of carbonyl (C=O) groups is 1. The summed E-state index contributed by atoms with van der Waals surface area (Å²) in [6.45, 7) is 4.08. The van der Waals surface area contributed by atoms with Gasteiger partial charge in [0, 0.05) is 5.56 Å². The highest BCUT2D eigenvalue weighted by Crippen LogP contribution is 2.26. The van der Waals surface area contributed by atoms with Crippen LogP contribution in [-0.2, 0) is 0 Å². The highest BCUT2D eigenvalue weighted by molar-refractivity contribution is 5.84. The summed E-state index contributed by atoms with van der Waals surface area (Å²) in [5, 5.41) is 8.16. The Balaban J connectivity index is 2.25. The molecule has 1 heterocycles. The first kappa shape index (κ1) is 13.2. The zero-order valence-corrected chi connectivity index (χ0v) is 11.9. The third kappa shape index (κ3) is 2.36. The van der Waals surface area contributed by atoms with Crippen LogP contribution in [0.3, 0.4) is 0 Å². The van der Waals surface area contributed by atoms with Crippen molar-refractivity contribution in [1.82, 2.24) is 15.0 Å². The lowest BCUT2D eigenvalue weighted by atomic mass is 10.1. The van der Waals surface area contributed by atoms with E-state index >= 15 is 0 Å². The minimum atomic E-state index is 0.348. The van der Waals surface area contributed by atoms with Crippen molar-refractivity contribution in [3.05, 3.63) is 65.4 Å². The molecule has 104 valence electrons. The first-order chi connectivity index (χ1) is 10.2. The summed E-state index contributed by atoms with van der Waals surface area (Å²) in [5.74, 6) is 0. The van der Waals surface area contributed by atoms with Gasteiger partial charge in [-0.2, -0.15) is 0 Å². The van der Waals surface area contributed by atoms with E-state index in [1.807, 2.05) is 56.3 Å². The predicted octanol–water partition coefficient (Wildman–Crippen LogP) is 3.36. The van der Waals surface area contributed by atoms with Crippen LogP contribution >= 0.6 is 0 Å². The summed E-state index contributed by atoms with van der Waals surface area (Å²) >= 11 is 0. The second-order valence-corrected chi connectivity index (χ2v) is 5.01. The van der Waals surface area contributed by atoms with Crippen LogP contribution in [0.1, 0.15) is 21.6 Å². The molecule has 0 spiro atoms. The summed E-state index contributed by atoms with van der Waals surface area (Å²) in [6, 6.07) is 15.8. The molecular formula is C17H15N3O.